The number of H-pyrrole nitrogens is 1. The normalized spacial score (nSPS) is 22.0. The van der Waals surface area contributed by atoms with Crippen molar-refractivity contribution in [3.8, 4) is 0 Å². The monoisotopic (exact) mass is 362 g/mol. The van der Waals surface area contributed by atoms with Gasteiger partial charge in [-0.25, -0.2) is 4.98 Å². The van der Waals surface area contributed by atoms with Crippen molar-refractivity contribution in [3.63, 3.8) is 0 Å². The number of aromatic nitrogens is 2. The summed E-state index contributed by atoms with van der Waals surface area (Å²) in [5.41, 5.74) is 2.39. The first-order valence-electron chi connectivity index (χ1n) is 10.3. The van der Waals surface area contributed by atoms with Crippen molar-refractivity contribution in [1.29, 1.82) is 0 Å². The summed E-state index contributed by atoms with van der Waals surface area (Å²) >= 11 is 0. The number of aromatic amines is 1. The summed E-state index contributed by atoms with van der Waals surface area (Å²) in [5.74, 6) is 1.94. The van der Waals surface area contributed by atoms with Crippen molar-refractivity contribution in [2.75, 3.05) is 26.2 Å². The van der Waals surface area contributed by atoms with E-state index in [9.17, 15) is 4.79 Å². The van der Waals surface area contributed by atoms with Crippen molar-refractivity contribution in [1.82, 2.24) is 20.2 Å². The van der Waals surface area contributed by atoms with Gasteiger partial charge in [-0.15, -0.1) is 0 Å². The zero-order chi connectivity index (χ0) is 18.4. The lowest BCUT2D eigenvalue weighted by Gasteiger charge is -2.31. The molecule has 1 atom stereocenters. The fraction of sp³-hybridized carbons (Fsp3) is 0.800. The van der Waals surface area contributed by atoms with E-state index in [4.69, 9.17) is 9.72 Å². The average Bonchev–Trinajstić information content (AvgIpc) is 3.29. The third kappa shape index (κ3) is 5.55. The van der Waals surface area contributed by atoms with Crippen molar-refractivity contribution < 1.29 is 9.53 Å². The molecule has 0 aliphatic carbocycles. The molecule has 0 bridgehead atoms. The minimum atomic E-state index is 0.183. The molecule has 0 unspecified atom stereocenters. The number of likely N-dealkylation sites (tertiary alicyclic amines) is 1. The first-order valence-corrected chi connectivity index (χ1v) is 10.3. The van der Waals surface area contributed by atoms with Crippen LogP contribution in [0.4, 0.5) is 0 Å². The summed E-state index contributed by atoms with van der Waals surface area (Å²) in [4.78, 5) is 22.6. The first kappa shape index (κ1) is 19.4. The van der Waals surface area contributed by atoms with Gasteiger partial charge in [0.1, 0.15) is 5.82 Å². The first-order chi connectivity index (χ1) is 12.6. The smallest absolute Gasteiger partial charge is 0.220 e. The molecule has 26 heavy (non-hydrogen) atoms. The number of ether oxygens (including phenoxy) is 1. The Balaban J connectivity index is 1.31. The molecule has 1 aromatic heterocycles. The maximum atomic E-state index is 12.0. The molecule has 0 spiro atoms. The van der Waals surface area contributed by atoms with Crippen molar-refractivity contribution in [3.05, 3.63) is 17.2 Å². The van der Waals surface area contributed by atoms with Crippen LogP contribution in [0, 0.1) is 12.8 Å². The molecule has 2 N–H and O–H groups in total. The second-order valence-corrected chi connectivity index (χ2v) is 7.81. The Kier molecular flexibility index (Phi) is 7.08. The average molecular weight is 363 g/mol. The minimum absolute atomic E-state index is 0.183. The lowest BCUT2D eigenvalue weighted by Crippen LogP contribution is -2.35. The van der Waals surface area contributed by atoms with Gasteiger partial charge in [0, 0.05) is 38.2 Å². The zero-order valence-corrected chi connectivity index (χ0v) is 16.4. The predicted molar refractivity (Wildman–Crippen MR) is 102 cm³/mol. The highest BCUT2D eigenvalue weighted by atomic mass is 16.5. The molecular formula is C20H34N4O2. The van der Waals surface area contributed by atoms with Crippen LogP contribution in [-0.4, -0.2) is 53.1 Å². The van der Waals surface area contributed by atoms with Crippen molar-refractivity contribution in [2.24, 2.45) is 5.92 Å². The van der Waals surface area contributed by atoms with Crippen LogP contribution in [0.5, 0.6) is 0 Å². The maximum absolute atomic E-state index is 12.0. The van der Waals surface area contributed by atoms with Gasteiger partial charge < -0.3 is 15.0 Å². The predicted octanol–water partition coefficient (Wildman–Crippen LogP) is 2.57. The Hall–Kier alpha value is -1.40. The van der Waals surface area contributed by atoms with Crippen LogP contribution in [0.15, 0.2) is 0 Å². The summed E-state index contributed by atoms with van der Waals surface area (Å²) in [6.45, 7) is 8.92. The van der Waals surface area contributed by atoms with Gasteiger partial charge in [0.2, 0.25) is 5.91 Å². The molecule has 0 saturated carbocycles. The van der Waals surface area contributed by atoms with Crippen LogP contribution >= 0.6 is 0 Å². The van der Waals surface area contributed by atoms with Crippen LogP contribution < -0.4 is 5.32 Å². The maximum Gasteiger partial charge on any atom is 0.220 e. The highest BCUT2D eigenvalue weighted by molar-refractivity contribution is 5.75. The van der Waals surface area contributed by atoms with Crippen LogP contribution in [0.2, 0.25) is 0 Å². The molecule has 2 saturated heterocycles. The molecule has 6 nitrogen and oxygen atoms in total. The number of hydrogen-bond donors (Lipinski definition) is 2. The summed E-state index contributed by atoms with van der Waals surface area (Å²) in [7, 11) is 0. The number of imidazole rings is 1. The number of hydrogen-bond acceptors (Lipinski definition) is 4. The van der Waals surface area contributed by atoms with Gasteiger partial charge in [-0.3, -0.25) is 9.69 Å². The van der Waals surface area contributed by atoms with Gasteiger partial charge in [-0.05, 0) is 58.0 Å². The molecule has 2 aliphatic heterocycles. The van der Waals surface area contributed by atoms with Gasteiger partial charge in [0.15, 0.2) is 0 Å². The van der Waals surface area contributed by atoms with Gasteiger partial charge in [0.25, 0.3) is 0 Å². The van der Waals surface area contributed by atoms with Gasteiger partial charge in [0.05, 0.1) is 11.8 Å². The Morgan fingerprint density at radius 2 is 2.15 bits per heavy atom. The molecule has 1 aromatic rings. The minimum Gasteiger partial charge on any atom is -0.376 e. The Bertz CT molecular complexity index is 572. The third-order valence-electron chi connectivity index (χ3n) is 5.78. The number of rotatable bonds is 8. The van der Waals surface area contributed by atoms with E-state index in [0.29, 0.717) is 18.9 Å². The van der Waals surface area contributed by atoms with Crippen molar-refractivity contribution >= 4 is 5.91 Å². The van der Waals surface area contributed by atoms with Gasteiger partial charge >= 0.3 is 0 Å². The molecule has 146 valence electrons. The zero-order valence-electron chi connectivity index (χ0n) is 16.4. The summed E-state index contributed by atoms with van der Waals surface area (Å²) in [6.07, 6.45) is 7.41. The Labute approximate surface area is 157 Å². The van der Waals surface area contributed by atoms with Crippen LogP contribution in [0.1, 0.15) is 62.7 Å². The molecule has 6 heteroatoms. The third-order valence-corrected chi connectivity index (χ3v) is 5.78. The van der Waals surface area contributed by atoms with Crippen LogP contribution in [0.25, 0.3) is 0 Å². The second-order valence-electron chi connectivity index (χ2n) is 7.81. The Morgan fingerprint density at radius 1 is 1.35 bits per heavy atom. The number of amides is 1. The van der Waals surface area contributed by atoms with Crippen LogP contribution in [-0.2, 0) is 22.5 Å². The quantitative estimate of drug-likeness (QED) is 0.746. The van der Waals surface area contributed by atoms with E-state index in [1.165, 1.54) is 24.2 Å². The fourth-order valence-electron chi connectivity index (χ4n) is 3.99. The van der Waals surface area contributed by atoms with E-state index in [2.05, 4.69) is 29.0 Å². The number of carbonyl (C=O) groups is 1. The molecule has 2 fully saturated rings. The summed E-state index contributed by atoms with van der Waals surface area (Å²) in [5, 5.41) is 3.03. The molecule has 0 radical (unpaired) electrons. The van der Waals surface area contributed by atoms with E-state index >= 15 is 0 Å². The number of aryl methyl sites for hydroxylation is 2. The number of nitrogens with one attached hydrogen (secondary N) is 2. The Morgan fingerprint density at radius 3 is 2.81 bits per heavy atom. The summed E-state index contributed by atoms with van der Waals surface area (Å²) < 4.78 is 5.55. The van der Waals surface area contributed by atoms with E-state index in [0.717, 1.165) is 57.7 Å². The molecule has 2 aliphatic rings. The van der Waals surface area contributed by atoms with Crippen LogP contribution in [0.3, 0.4) is 0 Å². The standard InChI is InChI=1S/C20H34N4O2/c1-3-19-22-15(2)18(23-19)14-24-10-8-16(9-11-24)6-7-20(25)21-13-17-5-4-12-26-17/h16-17H,3-14H2,1-2H3,(H,21,25)(H,22,23)/t17-/m1/s1. The van der Waals surface area contributed by atoms with Crippen molar-refractivity contribution in [2.45, 2.75) is 71.4 Å². The molecule has 1 amide bonds. The lowest BCUT2D eigenvalue weighted by molar-refractivity contribution is -0.122. The van der Waals surface area contributed by atoms with E-state index in [-0.39, 0.29) is 12.0 Å². The highest BCUT2D eigenvalue weighted by Gasteiger charge is 2.22. The van der Waals surface area contributed by atoms with E-state index < -0.39 is 0 Å². The van der Waals surface area contributed by atoms with Gasteiger partial charge in [-0.2, -0.15) is 0 Å². The SMILES string of the molecule is CCc1nc(CN2CCC(CCC(=O)NC[C@H]3CCCO3)CC2)c(C)[nH]1. The fourth-order valence-corrected chi connectivity index (χ4v) is 3.99. The second kappa shape index (κ2) is 9.51. The van der Waals surface area contributed by atoms with Gasteiger partial charge in [-0.1, -0.05) is 6.92 Å². The molecule has 3 rings (SSSR count). The molecular weight excluding hydrogens is 328 g/mol. The highest BCUT2D eigenvalue weighted by Crippen LogP contribution is 2.23. The van der Waals surface area contributed by atoms with E-state index in [1.54, 1.807) is 0 Å². The molecule has 0 aromatic carbocycles. The largest absolute Gasteiger partial charge is 0.376 e. The topological polar surface area (TPSA) is 70.2 Å². The number of carbonyl (C=O) groups excluding carboxylic acids is 1. The lowest BCUT2D eigenvalue weighted by atomic mass is 9.92. The number of nitrogens with zero attached hydrogens (tertiary/aromatic N) is 2. The number of piperidine rings is 1. The van der Waals surface area contributed by atoms with E-state index in [1.807, 2.05) is 0 Å². The molecule has 3 heterocycles. The summed E-state index contributed by atoms with van der Waals surface area (Å²) in [6, 6.07) is 0.